The SMILES string of the molecule is CCC(C)C(C)CCOc1cc(Nc2ccc3[nH]ncc3c2)nc(Cl)n1. The van der Waals surface area contributed by atoms with Crippen molar-refractivity contribution in [2.24, 2.45) is 11.8 Å². The zero-order valence-corrected chi connectivity index (χ0v) is 16.0. The maximum atomic E-state index is 6.05. The minimum atomic E-state index is 0.157. The minimum absolute atomic E-state index is 0.157. The van der Waals surface area contributed by atoms with Crippen LogP contribution in [0.3, 0.4) is 0 Å². The van der Waals surface area contributed by atoms with E-state index in [9.17, 15) is 0 Å². The average molecular weight is 374 g/mol. The van der Waals surface area contributed by atoms with Crippen molar-refractivity contribution in [3.05, 3.63) is 35.7 Å². The van der Waals surface area contributed by atoms with E-state index in [2.05, 4.69) is 46.3 Å². The third-order valence-electron chi connectivity index (χ3n) is 4.83. The van der Waals surface area contributed by atoms with Gasteiger partial charge in [-0.1, -0.05) is 27.2 Å². The lowest BCUT2D eigenvalue weighted by Gasteiger charge is -2.18. The highest BCUT2D eigenvalue weighted by Crippen LogP contribution is 2.24. The number of anilines is 2. The Bertz CT molecular complexity index is 866. The highest BCUT2D eigenvalue weighted by atomic mass is 35.5. The molecule has 26 heavy (non-hydrogen) atoms. The van der Waals surface area contributed by atoms with Crippen molar-refractivity contribution in [3.63, 3.8) is 0 Å². The van der Waals surface area contributed by atoms with Gasteiger partial charge in [-0.05, 0) is 48.1 Å². The smallest absolute Gasteiger partial charge is 0.227 e. The molecule has 0 saturated carbocycles. The van der Waals surface area contributed by atoms with E-state index < -0.39 is 0 Å². The molecule has 2 unspecified atom stereocenters. The topological polar surface area (TPSA) is 75.7 Å². The summed E-state index contributed by atoms with van der Waals surface area (Å²) in [4.78, 5) is 8.38. The zero-order valence-electron chi connectivity index (χ0n) is 15.3. The summed E-state index contributed by atoms with van der Waals surface area (Å²) >= 11 is 6.05. The van der Waals surface area contributed by atoms with E-state index in [4.69, 9.17) is 16.3 Å². The van der Waals surface area contributed by atoms with Gasteiger partial charge in [-0.3, -0.25) is 5.10 Å². The molecule has 2 atom stereocenters. The molecule has 0 aliphatic heterocycles. The lowest BCUT2D eigenvalue weighted by molar-refractivity contribution is 0.243. The fourth-order valence-corrected chi connectivity index (χ4v) is 2.91. The number of nitrogens with zero attached hydrogens (tertiary/aromatic N) is 3. The second-order valence-corrected chi connectivity index (χ2v) is 7.00. The molecule has 0 bridgehead atoms. The Balaban J connectivity index is 1.65. The molecule has 0 aliphatic rings. The van der Waals surface area contributed by atoms with E-state index in [1.54, 1.807) is 12.3 Å². The number of nitrogens with one attached hydrogen (secondary N) is 2. The normalized spacial score (nSPS) is 13.5. The standard InChI is InChI=1S/C19H24ClN5O/c1-4-12(2)13(3)7-8-26-18-10-17(23-19(20)24-18)22-15-5-6-16-14(9-15)11-21-25-16/h5-6,9-13H,4,7-8H2,1-3H3,(H,21,25)(H,22,23,24). The molecule has 0 saturated heterocycles. The highest BCUT2D eigenvalue weighted by molar-refractivity contribution is 6.28. The summed E-state index contributed by atoms with van der Waals surface area (Å²) in [6, 6.07) is 7.66. The van der Waals surface area contributed by atoms with Crippen molar-refractivity contribution in [3.8, 4) is 5.88 Å². The number of rotatable bonds is 8. The molecule has 0 spiro atoms. The van der Waals surface area contributed by atoms with Crippen LogP contribution in [0.1, 0.15) is 33.6 Å². The molecule has 1 aromatic carbocycles. The zero-order chi connectivity index (χ0) is 18.5. The van der Waals surface area contributed by atoms with Crippen LogP contribution in [0.2, 0.25) is 5.28 Å². The molecule has 0 fully saturated rings. The van der Waals surface area contributed by atoms with Crippen LogP contribution in [-0.2, 0) is 0 Å². The van der Waals surface area contributed by atoms with Crippen molar-refractivity contribution < 1.29 is 4.74 Å². The van der Waals surface area contributed by atoms with Gasteiger partial charge < -0.3 is 10.1 Å². The monoisotopic (exact) mass is 373 g/mol. The number of aromatic nitrogens is 4. The number of hydrogen-bond donors (Lipinski definition) is 2. The first-order valence-corrected chi connectivity index (χ1v) is 9.30. The van der Waals surface area contributed by atoms with Gasteiger partial charge in [0.05, 0.1) is 18.3 Å². The fourth-order valence-electron chi connectivity index (χ4n) is 2.74. The van der Waals surface area contributed by atoms with Gasteiger partial charge in [0, 0.05) is 17.1 Å². The lowest BCUT2D eigenvalue weighted by Crippen LogP contribution is -2.12. The highest BCUT2D eigenvalue weighted by Gasteiger charge is 2.11. The Morgan fingerprint density at radius 3 is 2.85 bits per heavy atom. The van der Waals surface area contributed by atoms with E-state index in [1.165, 1.54) is 6.42 Å². The van der Waals surface area contributed by atoms with Gasteiger partial charge in [0.15, 0.2) is 0 Å². The summed E-state index contributed by atoms with van der Waals surface area (Å²) in [7, 11) is 0. The number of hydrogen-bond acceptors (Lipinski definition) is 5. The van der Waals surface area contributed by atoms with Gasteiger partial charge in [0.1, 0.15) is 5.82 Å². The van der Waals surface area contributed by atoms with Crippen molar-refractivity contribution >= 4 is 34.0 Å². The first-order chi connectivity index (χ1) is 12.5. The van der Waals surface area contributed by atoms with Gasteiger partial charge >= 0.3 is 0 Å². The average Bonchev–Trinajstić information content (AvgIpc) is 3.08. The molecule has 3 aromatic rings. The molecule has 0 radical (unpaired) electrons. The largest absolute Gasteiger partial charge is 0.477 e. The number of benzene rings is 1. The Morgan fingerprint density at radius 1 is 1.19 bits per heavy atom. The van der Waals surface area contributed by atoms with Crippen LogP contribution in [0, 0.1) is 11.8 Å². The third-order valence-corrected chi connectivity index (χ3v) is 5.00. The molecule has 0 amide bonds. The van der Waals surface area contributed by atoms with Crippen LogP contribution >= 0.6 is 11.6 Å². The Kier molecular flexibility index (Phi) is 5.93. The maximum Gasteiger partial charge on any atom is 0.227 e. The molecule has 138 valence electrons. The molecule has 3 rings (SSSR count). The van der Waals surface area contributed by atoms with Crippen molar-refractivity contribution in [1.82, 2.24) is 20.2 Å². The van der Waals surface area contributed by atoms with E-state index in [0.29, 0.717) is 30.1 Å². The second kappa shape index (κ2) is 8.36. The fraction of sp³-hybridized carbons (Fsp3) is 0.421. The molecule has 2 N–H and O–H groups in total. The first-order valence-electron chi connectivity index (χ1n) is 8.92. The van der Waals surface area contributed by atoms with Gasteiger partial charge in [-0.25, -0.2) is 4.98 Å². The maximum absolute atomic E-state index is 6.05. The summed E-state index contributed by atoms with van der Waals surface area (Å²) in [5, 5.41) is 11.4. The summed E-state index contributed by atoms with van der Waals surface area (Å²) in [6.45, 7) is 7.35. The van der Waals surface area contributed by atoms with Crippen LogP contribution in [0.15, 0.2) is 30.5 Å². The van der Waals surface area contributed by atoms with Crippen LogP contribution in [0.4, 0.5) is 11.5 Å². The molecular formula is C19H24ClN5O. The summed E-state index contributed by atoms with van der Waals surface area (Å²) in [5.74, 6) is 2.37. The molecular weight excluding hydrogens is 350 g/mol. The summed E-state index contributed by atoms with van der Waals surface area (Å²) in [5.41, 5.74) is 1.88. The summed E-state index contributed by atoms with van der Waals surface area (Å²) < 4.78 is 5.80. The Labute approximate surface area is 158 Å². The first kappa shape index (κ1) is 18.5. The minimum Gasteiger partial charge on any atom is -0.477 e. The van der Waals surface area contributed by atoms with E-state index in [1.807, 2.05) is 18.2 Å². The van der Waals surface area contributed by atoms with Gasteiger partial charge in [-0.15, -0.1) is 0 Å². The van der Waals surface area contributed by atoms with Crippen LogP contribution in [-0.4, -0.2) is 26.8 Å². The van der Waals surface area contributed by atoms with Gasteiger partial charge in [-0.2, -0.15) is 10.1 Å². The predicted molar refractivity (Wildman–Crippen MR) is 105 cm³/mol. The van der Waals surface area contributed by atoms with Crippen molar-refractivity contribution in [2.75, 3.05) is 11.9 Å². The number of ether oxygens (including phenoxy) is 1. The predicted octanol–water partition coefficient (Wildman–Crippen LogP) is 5.20. The van der Waals surface area contributed by atoms with E-state index in [-0.39, 0.29) is 5.28 Å². The molecule has 0 aliphatic carbocycles. The number of aromatic amines is 1. The van der Waals surface area contributed by atoms with Gasteiger partial charge in [0.25, 0.3) is 0 Å². The van der Waals surface area contributed by atoms with Gasteiger partial charge in [0.2, 0.25) is 11.2 Å². The quantitative estimate of drug-likeness (QED) is 0.530. The molecule has 7 heteroatoms. The molecule has 2 aromatic heterocycles. The van der Waals surface area contributed by atoms with Crippen LogP contribution in [0.25, 0.3) is 10.9 Å². The molecule has 6 nitrogen and oxygen atoms in total. The second-order valence-electron chi connectivity index (χ2n) is 6.66. The third kappa shape index (κ3) is 4.64. The Hall–Kier alpha value is -2.34. The number of fused-ring (bicyclic) bond motifs is 1. The van der Waals surface area contributed by atoms with E-state index in [0.717, 1.165) is 23.0 Å². The number of H-pyrrole nitrogens is 1. The van der Waals surface area contributed by atoms with Crippen molar-refractivity contribution in [2.45, 2.75) is 33.6 Å². The molecule has 2 heterocycles. The Morgan fingerprint density at radius 2 is 2.04 bits per heavy atom. The lowest BCUT2D eigenvalue weighted by atomic mass is 9.91. The van der Waals surface area contributed by atoms with E-state index >= 15 is 0 Å². The van der Waals surface area contributed by atoms with Crippen LogP contribution in [0.5, 0.6) is 5.88 Å². The van der Waals surface area contributed by atoms with Crippen LogP contribution < -0.4 is 10.1 Å². The number of halogens is 1. The van der Waals surface area contributed by atoms with Crippen molar-refractivity contribution in [1.29, 1.82) is 0 Å². The summed E-state index contributed by atoms with van der Waals surface area (Å²) in [6.07, 6.45) is 3.94.